The van der Waals surface area contributed by atoms with Gasteiger partial charge in [-0.2, -0.15) is 21.6 Å². The highest BCUT2D eigenvalue weighted by Gasteiger charge is 2.44. The number of hydrogen-bond acceptors (Lipinski definition) is 6. The third-order valence-electron chi connectivity index (χ3n) is 1.12. The average molecular weight is 318 g/mol. The summed E-state index contributed by atoms with van der Waals surface area (Å²) in [6.45, 7) is 3.97. The van der Waals surface area contributed by atoms with Gasteiger partial charge >= 0.3 is 23.2 Å². The fraction of sp³-hybridized carbons (Fsp3) is 1.00. The molecule has 0 aromatic rings. The maximum absolute atomic E-state index is 11.1. The van der Waals surface area contributed by atoms with Crippen molar-refractivity contribution in [3.8, 4) is 0 Å². The highest BCUT2D eigenvalue weighted by atomic mass is 32.2. The number of rotatable bonds is 5. The molecule has 0 heterocycles. The van der Waals surface area contributed by atoms with Crippen molar-refractivity contribution in [2.75, 3.05) is 19.6 Å². The van der Waals surface area contributed by atoms with Crippen LogP contribution in [0.2, 0.25) is 0 Å². The van der Waals surface area contributed by atoms with E-state index in [1.807, 2.05) is 0 Å². The van der Waals surface area contributed by atoms with Gasteiger partial charge in [-0.15, -0.1) is 0 Å². The van der Waals surface area contributed by atoms with Crippen LogP contribution in [0.25, 0.3) is 0 Å². The quantitative estimate of drug-likeness (QED) is 0.450. The maximum atomic E-state index is 11.1. The van der Waals surface area contributed by atoms with Crippen molar-refractivity contribution in [1.82, 2.24) is 0 Å². The van der Waals surface area contributed by atoms with E-state index in [0.717, 1.165) is 0 Å². The van der Waals surface area contributed by atoms with Gasteiger partial charge in [-0.05, 0) is 13.8 Å². The van der Waals surface area contributed by atoms with Crippen LogP contribution < -0.4 is 0 Å². The van der Waals surface area contributed by atoms with Crippen molar-refractivity contribution in [2.45, 2.75) is 19.4 Å². The van der Waals surface area contributed by atoms with Crippen LogP contribution in [-0.2, 0) is 23.7 Å². The van der Waals surface area contributed by atoms with Crippen LogP contribution in [0.4, 0.5) is 13.2 Å². The lowest BCUT2D eigenvalue weighted by atomic mass is 10.9. The predicted molar refractivity (Wildman–Crippen MR) is 55.5 cm³/mol. The van der Waals surface area contributed by atoms with Crippen LogP contribution >= 0.6 is 7.60 Å². The third kappa shape index (κ3) is 8.84. The van der Waals surface area contributed by atoms with Crippen molar-refractivity contribution in [3.05, 3.63) is 0 Å². The smallest absolute Gasteiger partial charge is 0.384 e. The number of halogens is 3. The van der Waals surface area contributed by atoms with E-state index in [-0.39, 0.29) is 13.2 Å². The fourth-order valence-electron chi connectivity index (χ4n) is 0.512. The highest BCUT2D eigenvalue weighted by molar-refractivity contribution is 7.86. The molecule has 0 aliphatic carbocycles. The largest absolute Gasteiger partial charge is 0.522 e. The van der Waals surface area contributed by atoms with E-state index < -0.39 is 29.6 Å². The molecule has 0 saturated heterocycles. The summed E-state index contributed by atoms with van der Waals surface area (Å²) in [5.74, 6) is 0. The summed E-state index contributed by atoms with van der Waals surface area (Å²) in [5, 5.41) is 8.53. The van der Waals surface area contributed by atoms with Gasteiger partial charge in [0.1, 0.15) is 6.35 Å². The van der Waals surface area contributed by atoms with E-state index in [4.69, 9.17) is 27.1 Å². The Hall–Kier alpha value is -0.190. The molecule has 0 saturated carbocycles. The number of hydrogen-bond donors (Lipinski definition) is 2. The molecule has 0 fully saturated rings. The minimum atomic E-state index is -5.84. The standard InChI is InChI=1S/C5H13O4P.CHF3O3S/c1-3-8-10(7,5-6)9-4-2;2-1(3,4)8(5,6)7/h6H,3-5H2,1-2H3;(H,5,6,7). The van der Waals surface area contributed by atoms with Gasteiger partial charge in [0.05, 0.1) is 13.2 Å². The fourth-order valence-corrected chi connectivity index (χ4v) is 1.54. The summed E-state index contributed by atoms with van der Waals surface area (Å²) in [6, 6.07) is 0. The van der Waals surface area contributed by atoms with Gasteiger partial charge in [0.2, 0.25) is 0 Å². The molecule has 0 unspecified atom stereocenters. The lowest BCUT2D eigenvalue weighted by Crippen LogP contribution is -2.21. The summed E-state index contributed by atoms with van der Waals surface area (Å²) in [6.07, 6.45) is -0.547. The van der Waals surface area contributed by atoms with Crippen molar-refractivity contribution >= 4 is 17.7 Å². The molecule has 0 aliphatic rings. The van der Waals surface area contributed by atoms with Gasteiger partial charge in [0.25, 0.3) is 0 Å². The Kier molecular flexibility index (Phi) is 9.03. The van der Waals surface area contributed by atoms with Crippen LogP contribution in [-0.4, -0.2) is 43.1 Å². The molecule has 0 atom stereocenters. The van der Waals surface area contributed by atoms with Gasteiger partial charge in [-0.1, -0.05) is 0 Å². The van der Waals surface area contributed by atoms with Gasteiger partial charge in [0, 0.05) is 0 Å². The van der Waals surface area contributed by atoms with Crippen molar-refractivity contribution < 1.29 is 44.9 Å². The molecule has 18 heavy (non-hydrogen) atoms. The number of aliphatic hydroxyl groups excluding tert-OH is 1. The average Bonchev–Trinajstić information content (AvgIpc) is 2.16. The molecule has 0 amide bonds. The van der Waals surface area contributed by atoms with E-state index in [1.54, 1.807) is 13.8 Å². The monoisotopic (exact) mass is 318 g/mol. The van der Waals surface area contributed by atoms with E-state index in [1.165, 1.54) is 0 Å². The first-order valence-electron chi connectivity index (χ1n) is 4.46. The summed E-state index contributed by atoms with van der Waals surface area (Å²) >= 11 is 0. The second-order valence-corrected chi connectivity index (χ2v) is 5.94. The molecule has 0 rings (SSSR count). The predicted octanol–water partition coefficient (Wildman–Crippen LogP) is 1.60. The topological polar surface area (TPSA) is 110 Å². The first kappa shape index (κ1) is 20.1. The third-order valence-corrected chi connectivity index (χ3v) is 3.35. The molecule has 0 aromatic carbocycles. The first-order chi connectivity index (χ1) is 7.93. The second-order valence-electron chi connectivity index (χ2n) is 2.51. The van der Waals surface area contributed by atoms with Crippen molar-refractivity contribution in [2.24, 2.45) is 0 Å². The van der Waals surface area contributed by atoms with Crippen molar-refractivity contribution in [1.29, 1.82) is 0 Å². The lowest BCUT2D eigenvalue weighted by Gasteiger charge is -2.12. The summed E-state index contributed by atoms with van der Waals surface area (Å²) in [5.41, 5.74) is -5.53. The Balaban J connectivity index is 0. The number of aliphatic hydroxyl groups is 1. The van der Waals surface area contributed by atoms with E-state index in [2.05, 4.69) is 0 Å². The summed E-state index contributed by atoms with van der Waals surface area (Å²) < 4.78 is 78.0. The van der Waals surface area contributed by atoms with E-state index >= 15 is 0 Å². The Morgan fingerprint density at radius 3 is 1.56 bits per heavy atom. The molecule has 2 N–H and O–H groups in total. The molecule has 0 spiro atoms. The zero-order valence-corrected chi connectivity index (χ0v) is 11.3. The Morgan fingerprint density at radius 2 is 1.44 bits per heavy atom. The molecule has 0 bridgehead atoms. The minimum absolute atomic E-state index is 0.290. The Bertz CT molecular complexity index is 356. The van der Waals surface area contributed by atoms with Crippen LogP contribution in [0.3, 0.4) is 0 Å². The summed E-state index contributed by atoms with van der Waals surface area (Å²) in [4.78, 5) is 0. The minimum Gasteiger partial charge on any atom is -0.384 e. The number of alkyl halides is 3. The zero-order chi connectivity index (χ0) is 15.0. The lowest BCUT2D eigenvalue weighted by molar-refractivity contribution is -0.0510. The van der Waals surface area contributed by atoms with Gasteiger partial charge in [-0.3, -0.25) is 9.12 Å². The molecule has 0 aromatic heterocycles. The molecule has 7 nitrogen and oxygen atoms in total. The SMILES string of the molecule is CCOP(=O)(CO)OCC.O=S(=O)(O)C(F)(F)F. The van der Waals surface area contributed by atoms with Gasteiger partial charge in [-0.25, -0.2) is 0 Å². The summed E-state index contributed by atoms with van der Waals surface area (Å²) in [7, 11) is -8.98. The Morgan fingerprint density at radius 1 is 1.17 bits per heavy atom. The molecular formula is C6H14F3O7PS. The highest BCUT2D eigenvalue weighted by Crippen LogP contribution is 2.46. The molecule has 112 valence electrons. The van der Waals surface area contributed by atoms with Gasteiger partial charge in [0.15, 0.2) is 0 Å². The first-order valence-corrected chi connectivity index (χ1v) is 7.63. The molecular weight excluding hydrogens is 304 g/mol. The van der Waals surface area contributed by atoms with Crippen LogP contribution in [0.15, 0.2) is 0 Å². The maximum Gasteiger partial charge on any atom is 0.522 e. The van der Waals surface area contributed by atoms with Gasteiger partial charge < -0.3 is 14.2 Å². The second kappa shape index (κ2) is 8.08. The molecule has 0 radical (unpaired) electrons. The van der Waals surface area contributed by atoms with Crippen LogP contribution in [0.5, 0.6) is 0 Å². The van der Waals surface area contributed by atoms with Crippen LogP contribution in [0, 0.1) is 0 Å². The normalized spacial score (nSPS) is 12.8. The Labute approximate surface area is 102 Å². The molecule has 0 aliphatic heterocycles. The molecule has 12 heteroatoms. The van der Waals surface area contributed by atoms with E-state index in [9.17, 15) is 17.7 Å². The van der Waals surface area contributed by atoms with Crippen LogP contribution in [0.1, 0.15) is 13.8 Å². The van der Waals surface area contributed by atoms with Crippen molar-refractivity contribution in [3.63, 3.8) is 0 Å². The zero-order valence-electron chi connectivity index (χ0n) is 9.55. The van der Waals surface area contributed by atoms with E-state index in [0.29, 0.717) is 0 Å².